The number of rotatable bonds is 2. The highest BCUT2D eigenvalue weighted by atomic mass is 19.2. The van der Waals surface area contributed by atoms with E-state index in [0.29, 0.717) is 25.9 Å². The van der Waals surface area contributed by atoms with Gasteiger partial charge in [-0.05, 0) is 38.1 Å². The van der Waals surface area contributed by atoms with Gasteiger partial charge in [0.15, 0.2) is 17.5 Å². The van der Waals surface area contributed by atoms with Crippen LogP contribution in [-0.4, -0.2) is 19.0 Å². The third kappa shape index (κ3) is 2.73. The SMILES string of the molecule is CC1(C(=O)Nc2ccc(F)c(F)c2F)CCNCC1. The molecule has 1 aromatic rings. The van der Waals surface area contributed by atoms with Crippen molar-refractivity contribution in [3.8, 4) is 0 Å². The smallest absolute Gasteiger partial charge is 0.230 e. The highest BCUT2D eigenvalue weighted by Gasteiger charge is 2.35. The Labute approximate surface area is 109 Å². The molecule has 6 heteroatoms. The van der Waals surface area contributed by atoms with Crippen molar-refractivity contribution >= 4 is 11.6 Å². The lowest BCUT2D eigenvalue weighted by Crippen LogP contribution is -2.43. The van der Waals surface area contributed by atoms with Gasteiger partial charge >= 0.3 is 0 Å². The van der Waals surface area contributed by atoms with Crippen LogP contribution in [0.5, 0.6) is 0 Å². The van der Waals surface area contributed by atoms with Crippen LogP contribution < -0.4 is 10.6 Å². The molecule has 1 fully saturated rings. The summed E-state index contributed by atoms with van der Waals surface area (Å²) in [6, 6.07) is 1.81. The van der Waals surface area contributed by atoms with Crippen molar-refractivity contribution < 1.29 is 18.0 Å². The van der Waals surface area contributed by atoms with E-state index in [1.54, 1.807) is 6.92 Å². The summed E-state index contributed by atoms with van der Waals surface area (Å²) >= 11 is 0. The van der Waals surface area contributed by atoms with Gasteiger partial charge in [-0.1, -0.05) is 6.92 Å². The van der Waals surface area contributed by atoms with Gasteiger partial charge in [0.25, 0.3) is 0 Å². The molecule has 1 aromatic carbocycles. The molecule has 19 heavy (non-hydrogen) atoms. The van der Waals surface area contributed by atoms with Gasteiger partial charge in [-0.15, -0.1) is 0 Å². The van der Waals surface area contributed by atoms with E-state index in [-0.39, 0.29) is 11.6 Å². The molecular formula is C13H15F3N2O. The third-order valence-electron chi connectivity index (χ3n) is 3.54. The molecule has 1 heterocycles. The Hall–Kier alpha value is -1.56. The summed E-state index contributed by atoms with van der Waals surface area (Å²) in [7, 11) is 0. The molecule has 1 amide bonds. The van der Waals surface area contributed by atoms with Crippen LogP contribution in [0.15, 0.2) is 12.1 Å². The largest absolute Gasteiger partial charge is 0.323 e. The van der Waals surface area contributed by atoms with Crippen molar-refractivity contribution in [2.45, 2.75) is 19.8 Å². The second kappa shape index (κ2) is 5.21. The second-order valence-electron chi connectivity index (χ2n) is 4.99. The standard InChI is InChI=1S/C13H15F3N2O/c1-13(4-6-17-7-5-13)12(19)18-9-3-2-8(14)10(15)11(9)16/h2-3,17H,4-7H2,1H3,(H,18,19). The van der Waals surface area contributed by atoms with Crippen LogP contribution in [0.25, 0.3) is 0 Å². The molecule has 0 aliphatic carbocycles. The van der Waals surface area contributed by atoms with Gasteiger partial charge in [-0.25, -0.2) is 13.2 Å². The normalized spacial score (nSPS) is 18.1. The monoisotopic (exact) mass is 272 g/mol. The van der Waals surface area contributed by atoms with E-state index in [0.717, 1.165) is 12.1 Å². The van der Waals surface area contributed by atoms with Crippen LogP contribution in [0.3, 0.4) is 0 Å². The molecule has 0 saturated carbocycles. The maximum atomic E-state index is 13.5. The van der Waals surface area contributed by atoms with Crippen molar-refractivity contribution in [1.29, 1.82) is 0 Å². The van der Waals surface area contributed by atoms with E-state index in [9.17, 15) is 18.0 Å². The zero-order valence-electron chi connectivity index (χ0n) is 10.5. The fourth-order valence-corrected chi connectivity index (χ4v) is 2.10. The lowest BCUT2D eigenvalue weighted by atomic mass is 9.80. The van der Waals surface area contributed by atoms with Gasteiger partial charge in [0.05, 0.1) is 5.69 Å². The van der Waals surface area contributed by atoms with E-state index in [4.69, 9.17) is 0 Å². The van der Waals surface area contributed by atoms with Gasteiger partial charge in [0.1, 0.15) is 0 Å². The molecule has 2 rings (SSSR count). The van der Waals surface area contributed by atoms with Crippen molar-refractivity contribution in [3.63, 3.8) is 0 Å². The Kier molecular flexibility index (Phi) is 3.80. The molecule has 0 bridgehead atoms. The predicted molar refractivity (Wildman–Crippen MR) is 65.2 cm³/mol. The van der Waals surface area contributed by atoms with E-state index < -0.39 is 22.9 Å². The fourth-order valence-electron chi connectivity index (χ4n) is 2.10. The summed E-state index contributed by atoms with van der Waals surface area (Å²) in [5.41, 5.74) is -0.952. The number of anilines is 1. The molecule has 104 valence electrons. The van der Waals surface area contributed by atoms with E-state index >= 15 is 0 Å². The zero-order chi connectivity index (χ0) is 14.0. The Morgan fingerprint density at radius 3 is 2.47 bits per heavy atom. The minimum atomic E-state index is -1.58. The van der Waals surface area contributed by atoms with Crippen molar-refractivity contribution in [1.82, 2.24) is 5.32 Å². The quantitative estimate of drug-likeness (QED) is 0.812. The third-order valence-corrected chi connectivity index (χ3v) is 3.54. The molecule has 1 saturated heterocycles. The Bertz CT molecular complexity index is 499. The van der Waals surface area contributed by atoms with Crippen LogP contribution in [0.2, 0.25) is 0 Å². The van der Waals surface area contributed by atoms with Gasteiger partial charge in [0, 0.05) is 5.41 Å². The molecule has 2 N–H and O–H groups in total. The minimum Gasteiger partial charge on any atom is -0.323 e. The number of piperidine rings is 1. The number of halogens is 3. The topological polar surface area (TPSA) is 41.1 Å². The lowest BCUT2D eigenvalue weighted by molar-refractivity contribution is -0.126. The van der Waals surface area contributed by atoms with E-state index in [1.165, 1.54) is 0 Å². The summed E-state index contributed by atoms with van der Waals surface area (Å²) < 4.78 is 39.3. The first kappa shape index (κ1) is 13.9. The number of amides is 1. The molecule has 1 aliphatic rings. The highest BCUT2D eigenvalue weighted by Crippen LogP contribution is 2.30. The number of benzene rings is 1. The molecular weight excluding hydrogens is 257 g/mol. The number of carbonyl (C=O) groups excluding carboxylic acids is 1. The van der Waals surface area contributed by atoms with Crippen LogP contribution in [0, 0.1) is 22.9 Å². The average molecular weight is 272 g/mol. The number of hydrogen-bond acceptors (Lipinski definition) is 2. The summed E-state index contributed by atoms with van der Waals surface area (Å²) in [5.74, 6) is -4.60. The minimum absolute atomic E-state index is 0.330. The van der Waals surface area contributed by atoms with Gasteiger partial charge < -0.3 is 10.6 Å². The number of hydrogen-bond donors (Lipinski definition) is 2. The summed E-state index contributed by atoms with van der Waals surface area (Å²) in [4.78, 5) is 12.1. The predicted octanol–water partition coefficient (Wildman–Crippen LogP) is 2.43. The Morgan fingerprint density at radius 2 is 1.84 bits per heavy atom. The molecule has 0 radical (unpaired) electrons. The summed E-state index contributed by atoms with van der Waals surface area (Å²) in [5, 5.41) is 5.46. The van der Waals surface area contributed by atoms with Crippen molar-refractivity contribution in [2.24, 2.45) is 5.41 Å². The maximum absolute atomic E-state index is 13.5. The van der Waals surface area contributed by atoms with Crippen molar-refractivity contribution in [2.75, 3.05) is 18.4 Å². The molecule has 3 nitrogen and oxygen atoms in total. The molecule has 1 aliphatic heterocycles. The first-order chi connectivity index (χ1) is 8.94. The Balaban J connectivity index is 2.17. The Morgan fingerprint density at radius 1 is 1.21 bits per heavy atom. The molecule has 0 atom stereocenters. The first-order valence-electron chi connectivity index (χ1n) is 6.10. The van der Waals surface area contributed by atoms with Gasteiger partial charge in [0.2, 0.25) is 5.91 Å². The molecule has 0 unspecified atom stereocenters. The maximum Gasteiger partial charge on any atom is 0.230 e. The van der Waals surface area contributed by atoms with Crippen LogP contribution in [-0.2, 0) is 4.79 Å². The van der Waals surface area contributed by atoms with Crippen LogP contribution in [0.4, 0.5) is 18.9 Å². The summed E-state index contributed by atoms with van der Waals surface area (Å²) in [6.07, 6.45) is 1.23. The second-order valence-corrected chi connectivity index (χ2v) is 4.99. The zero-order valence-corrected chi connectivity index (χ0v) is 10.5. The number of nitrogens with one attached hydrogen (secondary N) is 2. The van der Waals surface area contributed by atoms with Crippen LogP contribution in [0.1, 0.15) is 19.8 Å². The van der Waals surface area contributed by atoms with Gasteiger partial charge in [-0.3, -0.25) is 4.79 Å². The molecule has 0 aromatic heterocycles. The first-order valence-corrected chi connectivity index (χ1v) is 6.10. The van der Waals surface area contributed by atoms with E-state index in [1.807, 2.05) is 0 Å². The van der Waals surface area contributed by atoms with E-state index in [2.05, 4.69) is 10.6 Å². The lowest BCUT2D eigenvalue weighted by Gasteiger charge is -2.32. The molecule has 0 spiro atoms. The fraction of sp³-hybridized carbons (Fsp3) is 0.462. The number of carbonyl (C=O) groups is 1. The highest BCUT2D eigenvalue weighted by molar-refractivity contribution is 5.95. The average Bonchev–Trinajstić information content (AvgIpc) is 2.40. The van der Waals surface area contributed by atoms with Crippen molar-refractivity contribution in [3.05, 3.63) is 29.6 Å². The van der Waals surface area contributed by atoms with Gasteiger partial charge in [-0.2, -0.15) is 0 Å². The van der Waals surface area contributed by atoms with Crippen LogP contribution >= 0.6 is 0 Å². The summed E-state index contributed by atoms with van der Waals surface area (Å²) in [6.45, 7) is 3.18.